The highest BCUT2D eigenvalue weighted by Gasteiger charge is 2.06. The lowest BCUT2D eigenvalue weighted by atomic mass is 10.2. The number of benzene rings is 2. The molecule has 5 N–H and O–H groups in total. The maximum atomic E-state index is 5.78. The number of nitrogens with zero attached hydrogens (tertiary/aromatic N) is 1. The van der Waals surface area contributed by atoms with Crippen LogP contribution in [0.15, 0.2) is 53.6 Å². The molecule has 0 fully saturated rings. The minimum absolute atomic E-state index is 0.0361. The van der Waals surface area contributed by atoms with Gasteiger partial charge in [-0.25, -0.2) is 0 Å². The second-order valence-electron chi connectivity index (χ2n) is 4.49. The van der Waals surface area contributed by atoms with E-state index in [-0.39, 0.29) is 5.96 Å². The highest BCUT2D eigenvalue weighted by molar-refractivity contribution is 5.78. The van der Waals surface area contributed by atoms with Crippen molar-refractivity contribution >= 4 is 12.2 Å². The van der Waals surface area contributed by atoms with Crippen molar-refractivity contribution in [1.82, 2.24) is 0 Å². The maximum absolute atomic E-state index is 5.78. The largest absolute Gasteiger partial charge is 0.493 e. The average Bonchev–Trinajstić information content (AvgIpc) is 2.54. The van der Waals surface area contributed by atoms with Crippen LogP contribution < -0.4 is 26.0 Å². The van der Waals surface area contributed by atoms with Gasteiger partial charge in [-0.15, -0.1) is 5.10 Å². The van der Waals surface area contributed by atoms with Gasteiger partial charge < -0.3 is 20.9 Å². The lowest BCUT2D eigenvalue weighted by molar-refractivity contribution is -0.456. The standard InChI is InChI=1S/C16H18N4O2/c1-21-15-9-13(10-19-20-16(17)18)7-8-14(15)22-11-12-5-3-2-4-6-12/h2-10H,11H2,1H3,(H4,17,18,20)/p+1/b19-10+. The molecule has 0 aromatic heterocycles. The minimum atomic E-state index is -0.0361. The van der Waals surface area contributed by atoms with E-state index >= 15 is 0 Å². The van der Waals surface area contributed by atoms with E-state index in [2.05, 4.69) is 10.2 Å². The van der Waals surface area contributed by atoms with Crippen LogP contribution in [-0.2, 0) is 6.61 Å². The third-order valence-corrected chi connectivity index (χ3v) is 2.85. The van der Waals surface area contributed by atoms with Gasteiger partial charge in [0.2, 0.25) is 6.21 Å². The Bertz CT molecular complexity index is 665. The predicted octanol–water partition coefficient (Wildman–Crippen LogP) is -0.0379. The molecule has 0 aliphatic rings. The first-order chi connectivity index (χ1) is 10.7. The average molecular weight is 299 g/mol. The summed E-state index contributed by atoms with van der Waals surface area (Å²) in [7, 11) is 1.60. The van der Waals surface area contributed by atoms with Gasteiger partial charge in [0.05, 0.1) is 7.11 Å². The molecule has 0 saturated carbocycles. The third kappa shape index (κ3) is 4.52. The minimum Gasteiger partial charge on any atom is -0.493 e. The van der Waals surface area contributed by atoms with Crippen molar-refractivity contribution in [3.63, 3.8) is 0 Å². The fourth-order valence-electron chi connectivity index (χ4n) is 1.81. The predicted molar refractivity (Wildman–Crippen MR) is 85.7 cm³/mol. The van der Waals surface area contributed by atoms with Crippen molar-refractivity contribution in [2.45, 2.75) is 6.61 Å². The molecule has 6 heteroatoms. The van der Waals surface area contributed by atoms with Crippen LogP contribution in [0.4, 0.5) is 0 Å². The fraction of sp³-hybridized carbons (Fsp3) is 0.125. The molecule has 0 radical (unpaired) electrons. The van der Waals surface area contributed by atoms with Gasteiger partial charge in [0.15, 0.2) is 11.5 Å². The van der Waals surface area contributed by atoms with Gasteiger partial charge in [-0.1, -0.05) is 30.3 Å². The lowest BCUT2D eigenvalue weighted by Gasteiger charge is -2.10. The Kier molecular flexibility index (Phi) is 5.37. The van der Waals surface area contributed by atoms with Crippen molar-refractivity contribution in [3.8, 4) is 11.5 Å². The zero-order chi connectivity index (χ0) is 15.8. The third-order valence-electron chi connectivity index (χ3n) is 2.85. The van der Waals surface area contributed by atoms with E-state index in [0.29, 0.717) is 18.1 Å². The number of guanidine groups is 1. The van der Waals surface area contributed by atoms with Crippen LogP contribution in [0, 0.1) is 0 Å². The van der Waals surface area contributed by atoms with Crippen LogP contribution in [0.1, 0.15) is 11.1 Å². The highest BCUT2D eigenvalue weighted by Crippen LogP contribution is 2.28. The number of nitrogens with two attached hydrogens (primary N) is 2. The summed E-state index contributed by atoms with van der Waals surface area (Å²) in [5.74, 6) is 1.27. The molecule has 22 heavy (non-hydrogen) atoms. The van der Waals surface area contributed by atoms with Crippen LogP contribution in [0.5, 0.6) is 11.5 Å². The Morgan fingerprint density at radius 1 is 1.14 bits per heavy atom. The van der Waals surface area contributed by atoms with Gasteiger partial charge in [-0.05, 0) is 23.8 Å². The quantitative estimate of drug-likeness (QED) is 0.396. The molecule has 2 aromatic rings. The van der Waals surface area contributed by atoms with Crippen LogP contribution in [0.3, 0.4) is 0 Å². The van der Waals surface area contributed by atoms with E-state index in [4.69, 9.17) is 20.9 Å². The van der Waals surface area contributed by atoms with Gasteiger partial charge in [-0.3, -0.25) is 0 Å². The Hall–Kier alpha value is -3.02. The molecule has 0 amide bonds. The number of methoxy groups -OCH3 is 1. The zero-order valence-corrected chi connectivity index (χ0v) is 12.3. The lowest BCUT2D eigenvalue weighted by Crippen LogP contribution is -2.63. The van der Waals surface area contributed by atoms with Crippen molar-refractivity contribution in [3.05, 3.63) is 59.7 Å². The second-order valence-corrected chi connectivity index (χ2v) is 4.49. The summed E-state index contributed by atoms with van der Waals surface area (Å²) in [6.07, 6.45) is 1.66. The Morgan fingerprint density at radius 2 is 1.91 bits per heavy atom. The smallest absolute Gasteiger partial charge is 0.256 e. The molecular formula is C16H19N4O2+. The van der Waals surface area contributed by atoms with E-state index in [0.717, 1.165) is 11.1 Å². The van der Waals surface area contributed by atoms with E-state index in [1.807, 2.05) is 48.5 Å². The zero-order valence-electron chi connectivity index (χ0n) is 12.3. The number of ether oxygens (including phenoxy) is 2. The van der Waals surface area contributed by atoms with Gasteiger partial charge in [0.25, 0.3) is 5.96 Å². The summed E-state index contributed by atoms with van der Waals surface area (Å²) in [5.41, 5.74) is 12.4. The molecule has 2 rings (SSSR count). The van der Waals surface area contributed by atoms with E-state index in [1.54, 1.807) is 13.3 Å². The van der Waals surface area contributed by atoms with Crippen molar-refractivity contribution in [2.75, 3.05) is 7.11 Å². The first-order valence-corrected chi connectivity index (χ1v) is 6.71. The molecule has 6 nitrogen and oxygen atoms in total. The van der Waals surface area contributed by atoms with Crippen LogP contribution in [0.25, 0.3) is 0 Å². The van der Waals surface area contributed by atoms with Crippen LogP contribution in [-0.4, -0.2) is 19.3 Å². The molecule has 114 valence electrons. The summed E-state index contributed by atoms with van der Waals surface area (Å²) in [5, 5.41) is 6.31. The summed E-state index contributed by atoms with van der Waals surface area (Å²) < 4.78 is 11.1. The molecule has 0 saturated heterocycles. The fourth-order valence-corrected chi connectivity index (χ4v) is 1.81. The highest BCUT2D eigenvalue weighted by atomic mass is 16.5. The molecule has 0 aliphatic heterocycles. The van der Waals surface area contributed by atoms with Crippen LogP contribution in [0.2, 0.25) is 0 Å². The molecule has 2 aromatic carbocycles. The maximum Gasteiger partial charge on any atom is 0.256 e. The number of nitrogens with one attached hydrogen (secondary N) is 1. The first-order valence-electron chi connectivity index (χ1n) is 6.71. The second kappa shape index (κ2) is 7.68. The Balaban J connectivity index is 2.09. The van der Waals surface area contributed by atoms with Gasteiger partial charge in [0.1, 0.15) is 6.61 Å². The van der Waals surface area contributed by atoms with Gasteiger partial charge in [0, 0.05) is 10.7 Å². The summed E-state index contributed by atoms with van der Waals surface area (Å²) in [6.45, 7) is 0.479. The Morgan fingerprint density at radius 3 is 2.59 bits per heavy atom. The summed E-state index contributed by atoms with van der Waals surface area (Å²) >= 11 is 0. The summed E-state index contributed by atoms with van der Waals surface area (Å²) in [4.78, 5) is 0. The summed E-state index contributed by atoms with van der Waals surface area (Å²) in [6, 6.07) is 15.5. The molecule has 0 unspecified atom stereocenters. The SMILES string of the molecule is COc1cc(/C=[NH+]/N=C(N)N)ccc1OCc1ccccc1. The van der Waals surface area contributed by atoms with Crippen molar-refractivity contribution in [2.24, 2.45) is 16.6 Å². The number of hydrogen-bond acceptors (Lipinski definition) is 3. The normalized spacial score (nSPS) is 10.4. The molecule has 0 atom stereocenters. The number of hydrogen-bond donors (Lipinski definition) is 3. The number of rotatable bonds is 6. The van der Waals surface area contributed by atoms with Crippen LogP contribution >= 0.6 is 0 Å². The van der Waals surface area contributed by atoms with E-state index in [1.165, 1.54) is 0 Å². The topological polar surface area (TPSA) is 96.8 Å². The van der Waals surface area contributed by atoms with Crippen molar-refractivity contribution in [1.29, 1.82) is 0 Å². The van der Waals surface area contributed by atoms with Gasteiger partial charge in [-0.2, -0.15) is 0 Å². The van der Waals surface area contributed by atoms with Gasteiger partial charge >= 0.3 is 0 Å². The molecule has 0 spiro atoms. The number of hydrazone groups is 1. The Labute approximate surface area is 129 Å². The monoisotopic (exact) mass is 299 g/mol. The first kappa shape index (κ1) is 15.4. The van der Waals surface area contributed by atoms with Crippen molar-refractivity contribution < 1.29 is 14.6 Å². The van der Waals surface area contributed by atoms with E-state index in [9.17, 15) is 0 Å². The molecule has 0 bridgehead atoms. The van der Waals surface area contributed by atoms with E-state index < -0.39 is 0 Å². The molecular weight excluding hydrogens is 280 g/mol. The molecule has 0 aliphatic carbocycles. The molecule has 0 heterocycles.